The first-order chi connectivity index (χ1) is 4.33. The van der Waals surface area contributed by atoms with Gasteiger partial charge in [-0.15, -0.1) is 0 Å². The summed E-state index contributed by atoms with van der Waals surface area (Å²) in [5, 5.41) is 0. The number of rotatable bonds is 1. The molecule has 1 radical (unpaired) electrons. The van der Waals surface area contributed by atoms with Crippen LogP contribution in [0.25, 0.3) is 0 Å². The summed E-state index contributed by atoms with van der Waals surface area (Å²) in [4.78, 5) is 2.07. The molecule has 0 aromatic heterocycles. The Balaban J connectivity index is 2.23. The van der Waals surface area contributed by atoms with Crippen molar-refractivity contribution in [2.45, 2.75) is 6.29 Å². The van der Waals surface area contributed by atoms with E-state index in [1.165, 1.54) is 0 Å². The average molecular weight is 130 g/mol. The fraction of sp³-hybridized carbons (Fsp3) is 0.833. The summed E-state index contributed by atoms with van der Waals surface area (Å²) < 4.78 is 10.1. The van der Waals surface area contributed by atoms with Gasteiger partial charge in [-0.25, -0.2) is 0 Å². The van der Waals surface area contributed by atoms with E-state index < -0.39 is 0 Å². The Morgan fingerprint density at radius 2 is 2.56 bits per heavy atom. The third-order valence-corrected chi connectivity index (χ3v) is 1.33. The molecule has 3 nitrogen and oxygen atoms in total. The SMILES string of the molecule is COC1[CH]N(C)CCO1. The molecule has 1 aliphatic rings. The minimum atomic E-state index is -0.135. The third kappa shape index (κ3) is 1.93. The second-order valence-corrected chi connectivity index (χ2v) is 2.10. The van der Waals surface area contributed by atoms with Gasteiger partial charge in [0.1, 0.15) is 0 Å². The van der Waals surface area contributed by atoms with Gasteiger partial charge in [0.2, 0.25) is 0 Å². The molecule has 0 N–H and O–H groups in total. The van der Waals surface area contributed by atoms with E-state index in [0.717, 1.165) is 13.2 Å². The maximum absolute atomic E-state index is 5.18. The molecule has 0 bridgehead atoms. The van der Waals surface area contributed by atoms with Crippen molar-refractivity contribution in [3.63, 3.8) is 0 Å². The quantitative estimate of drug-likeness (QED) is 0.502. The van der Waals surface area contributed by atoms with Crippen molar-refractivity contribution < 1.29 is 9.47 Å². The monoisotopic (exact) mass is 130 g/mol. The molecule has 0 amide bonds. The molecule has 1 fully saturated rings. The first-order valence-corrected chi connectivity index (χ1v) is 3.02. The number of nitrogens with zero attached hydrogens (tertiary/aromatic N) is 1. The van der Waals surface area contributed by atoms with Crippen molar-refractivity contribution in [3.8, 4) is 0 Å². The lowest BCUT2D eigenvalue weighted by atomic mass is 10.4. The van der Waals surface area contributed by atoms with Gasteiger partial charge in [0.05, 0.1) is 13.2 Å². The molecule has 53 valence electrons. The lowest BCUT2D eigenvalue weighted by Gasteiger charge is -2.27. The van der Waals surface area contributed by atoms with E-state index in [-0.39, 0.29) is 6.29 Å². The molecule has 1 heterocycles. The van der Waals surface area contributed by atoms with Crippen molar-refractivity contribution in [2.24, 2.45) is 0 Å². The smallest absolute Gasteiger partial charge is 0.174 e. The molecule has 9 heavy (non-hydrogen) atoms. The number of morpholine rings is 1. The van der Waals surface area contributed by atoms with Crippen LogP contribution in [0.5, 0.6) is 0 Å². The highest BCUT2D eigenvalue weighted by atomic mass is 16.7. The minimum Gasteiger partial charge on any atom is -0.354 e. The van der Waals surface area contributed by atoms with Crippen LogP contribution in [0.3, 0.4) is 0 Å². The molecular formula is C6H12NO2. The molecule has 1 aliphatic heterocycles. The largest absolute Gasteiger partial charge is 0.354 e. The van der Waals surface area contributed by atoms with Crippen LogP contribution in [-0.4, -0.2) is 38.5 Å². The molecular weight excluding hydrogens is 118 g/mol. The Morgan fingerprint density at radius 1 is 1.78 bits per heavy atom. The highest BCUT2D eigenvalue weighted by Crippen LogP contribution is 2.06. The van der Waals surface area contributed by atoms with Crippen LogP contribution < -0.4 is 0 Å². The maximum Gasteiger partial charge on any atom is 0.174 e. The van der Waals surface area contributed by atoms with Crippen LogP contribution >= 0.6 is 0 Å². The number of likely N-dealkylation sites (N-methyl/N-ethyl adjacent to an activating group) is 1. The summed E-state index contributed by atoms with van der Waals surface area (Å²) in [5.74, 6) is 0. The summed E-state index contributed by atoms with van der Waals surface area (Å²) in [6, 6.07) is 0. The molecule has 0 saturated carbocycles. The zero-order valence-electron chi connectivity index (χ0n) is 5.83. The van der Waals surface area contributed by atoms with Crippen LogP contribution in [0.15, 0.2) is 0 Å². The summed E-state index contributed by atoms with van der Waals surface area (Å²) in [5.41, 5.74) is 0. The van der Waals surface area contributed by atoms with Gasteiger partial charge in [-0.1, -0.05) is 0 Å². The number of methoxy groups -OCH3 is 1. The summed E-state index contributed by atoms with van der Waals surface area (Å²) in [7, 11) is 3.65. The Hall–Kier alpha value is -0.120. The summed E-state index contributed by atoms with van der Waals surface area (Å²) in [6.45, 7) is 3.63. The van der Waals surface area contributed by atoms with Crippen molar-refractivity contribution in [3.05, 3.63) is 6.54 Å². The van der Waals surface area contributed by atoms with E-state index in [1.807, 2.05) is 13.6 Å². The van der Waals surface area contributed by atoms with Crippen LogP contribution in [0.2, 0.25) is 0 Å². The highest BCUT2D eigenvalue weighted by molar-refractivity contribution is 4.72. The Bertz CT molecular complexity index is 87.1. The van der Waals surface area contributed by atoms with E-state index in [1.54, 1.807) is 7.11 Å². The summed E-state index contributed by atoms with van der Waals surface area (Å²) in [6.07, 6.45) is -0.135. The van der Waals surface area contributed by atoms with Crippen molar-refractivity contribution in [1.29, 1.82) is 0 Å². The fourth-order valence-electron chi connectivity index (χ4n) is 0.767. The zero-order valence-corrected chi connectivity index (χ0v) is 5.83. The van der Waals surface area contributed by atoms with E-state index in [0.29, 0.717) is 0 Å². The van der Waals surface area contributed by atoms with Crippen molar-refractivity contribution in [1.82, 2.24) is 4.90 Å². The Kier molecular flexibility index (Phi) is 2.45. The van der Waals surface area contributed by atoms with Gasteiger partial charge in [0.15, 0.2) is 6.29 Å². The third-order valence-electron chi connectivity index (χ3n) is 1.33. The van der Waals surface area contributed by atoms with Crippen LogP contribution in [0, 0.1) is 6.54 Å². The summed E-state index contributed by atoms with van der Waals surface area (Å²) >= 11 is 0. The standard InChI is InChI=1S/C6H12NO2/c1-7-3-4-9-6(5-7)8-2/h5-6H,3-4H2,1-2H3. The highest BCUT2D eigenvalue weighted by Gasteiger charge is 2.16. The molecule has 1 saturated heterocycles. The molecule has 0 spiro atoms. The number of hydrogen-bond acceptors (Lipinski definition) is 3. The first kappa shape index (κ1) is 6.99. The molecule has 1 rings (SSSR count). The van der Waals surface area contributed by atoms with Gasteiger partial charge in [0.25, 0.3) is 0 Å². The zero-order chi connectivity index (χ0) is 6.69. The lowest BCUT2D eigenvalue weighted by Crippen LogP contribution is -2.36. The van der Waals surface area contributed by atoms with Gasteiger partial charge < -0.3 is 9.47 Å². The molecule has 1 atom stereocenters. The van der Waals surface area contributed by atoms with Crippen LogP contribution in [0.1, 0.15) is 0 Å². The van der Waals surface area contributed by atoms with Gasteiger partial charge in [-0.05, 0) is 7.05 Å². The number of hydrogen-bond donors (Lipinski definition) is 0. The molecule has 1 unspecified atom stereocenters. The van der Waals surface area contributed by atoms with E-state index >= 15 is 0 Å². The van der Waals surface area contributed by atoms with Gasteiger partial charge >= 0.3 is 0 Å². The molecule has 0 aromatic rings. The van der Waals surface area contributed by atoms with Crippen molar-refractivity contribution >= 4 is 0 Å². The first-order valence-electron chi connectivity index (χ1n) is 3.02. The average Bonchev–Trinajstić information content (AvgIpc) is 1.88. The normalized spacial score (nSPS) is 30.7. The van der Waals surface area contributed by atoms with E-state index in [9.17, 15) is 0 Å². The Morgan fingerprint density at radius 3 is 3.00 bits per heavy atom. The molecule has 0 aromatic carbocycles. The second-order valence-electron chi connectivity index (χ2n) is 2.10. The minimum absolute atomic E-state index is 0.135. The van der Waals surface area contributed by atoms with Gasteiger partial charge in [0, 0.05) is 13.7 Å². The molecule has 3 heteroatoms. The van der Waals surface area contributed by atoms with Crippen LogP contribution in [0.4, 0.5) is 0 Å². The van der Waals surface area contributed by atoms with Gasteiger partial charge in [-0.2, -0.15) is 0 Å². The van der Waals surface area contributed by atoms with E-state index in [4.69, 9.17) is 9.47 Å². The number of ether oxygens (including phenoxy) is 2. The molecule has 0 aliphatic carbocycles. The van der Waals surface area contributed by atoms with Crippen LogP contribution in [-0.2, 0) is 9.47 Å². The topological polar surface area (TPSA) is 21.7 Å². The lowest BCUT2D eigenvalue weighted by molar-refractivity contribution is -0.137. The van der Waals surface area contributed by atoms with Gasteiger partial charge in [-0.3, -0.25) is 4.90 Å². The maximum atomic E-state index is 5.18. The van der Waals surface area contributed by atoms with E-state index in [2.05, 4.69) is 4.90 Å². The predicted molar refractivity (Wildman–Crippen MR) is 33.7 cm³/mol. The Labute approximate surface area is 55.5 Å². The second kappa shape index (κ2) is 3.15. The predicted octanol–water partition coefficient (Wildman–Crippen LogP) is 0.0827. The van der Waals surface area contributed by atoms with Crippen molar-refractivity contribution in [2.75, 3.05) is 27.3 Å². The fourth-order valence-corrected chi connectivity index (χ4v) is 0.767.